The topological polar surface area (TPSA) is 61.8 Å². The monoisotopic (exact) mass is 1030 g/mol. The van der Waals surface area contributed by atoms with Gasteiger partial charge in [0.25, 0.3) is 0 Å². The molecule has 0 aromatic carbocycles. The van der Waals surface area contributed by atoms with Crippen LogP contribution in [0.25, 0.3) is 0 Å². The predicted molar refractivity (Wildman–Crippen MR) is 325 cm³/mol. The molecular formula is C69H120O5. The summed E-state index contributed by atoms with van der Waals surface area (Å²) in [7, 11) is 0. The molecule has 0 saturated carbocycles. The summed E-state index contributed by atoms with van der Waals surface area (Å²) in [6, 6.07) is 0. The Morgan fingerprint density at radius 1 is 0.311 bits per heavy atom. The van der Waals surface area contributed by atoms with Crippen molar-refractivity contribution in [3.8, 4) is 0 Å². The Labute approximate surface area is 460 Å². The molecule has 0 rings (SSSR count). The molecule has 1 atom stereocenters. The Kier molecular flexibility index (Phi) is 61.4. The summed E-state index contributed by atoms with van der Waals surface area (Å²) in [5, 5.41) is 0. The Morgan fingerprint density at radius 3 is 1.01 bits per heavy atom. The van der Waals surface area contributed by atoms with Crippen LogP contribution in [0.15, 0.2) is 97.2 Å². The molecule has 0 saturated heterocycles. The number of ether oxygens (including phenoxy) is 3. The number of carbonyl (C=O) groups is 2. The first-order valence-electron chi connectivity index (χ1n) is 31.8. The minimum absolute atomic E-state index is 0.0687. The molecule has 0 aromatic rings. The SMILES string of the molecule is CC/C=C\C/C=C\C/C=C\C/C=C\C/C=C\CCCCCCOCC(COC(=O)CCCCCCCCCCC/C=C\C/C=C\CCCCC)OC(=O)CCCCCCCCCCC/C=C\CCCCCCCC. The standard InChI is InChI=1S/C69H120O5/c1-4-7-10-13-16-19-22-25-28-31-34-37-40-43-46-49-52-55-58-61-64-72-65-67(74-69(71)63-60-57-54-51-48-45-42-39-36-33-30-27-24-21-18-15-12-9-6-3)66-73-68(70)62-59-56-53-50-47-44-41-38-35-32-29-26-23-20-17-14-11-8-5-2/h7,10,16-17,19-20,25-30,34,37,43,46,67H,4-6,8-9,11-15,18,21-24,31-33,35-36,38-42,44-45,47-66H2,1-3H3/b10-7-,19-16-,20-17-,28-25-,29-26-,30-27-,37-34-,46-43-. The van der Waals surface area contributed by atoms with Gasteiger partial charge in [-0.05, 0) is 122 Å². The molecular weight excluding hydrogens is 909 g/mol. The number of hydrogen-bond donors (Lipinski definition) is 0. The third-order valence-electron chi connectivity index (χ3n) is 13.6. The molecule has 0 heterocycles. The van der Waals surface area contributed by atoms with Gasteiger partial charge in [0.2, 0.25) is 0 Å². The lowest BCUT2D eigenvalue weighted by molar-refractivity contribution is -0.163. The second-order valence-corrected chi connectivity index (χ2v) is 20.9. The van der Waals surface area contributed by atoms with Crippen molar-refractivity contribution < 1.29 is 23.8 Å². The van der Waals surface area contributed by atoms with E-state index in [1.165, 1.54) is 173 Å². The summed E-state index contributed by atoms with van der Waals surface area (Å²) in [6.07, 6.45) is 87.3. The van der Waals surface area contributed by atoms with Gasteiger partial charge in [0.05, 0.1) is 6.61 Å². The van der Waals surface area contributed by atoms with Crippen LogP contribution in [-0.4, -0.2) is 37.9 Å². The lowest BCUT2D eigenvalue weighted by Crippen LogP contribution is -2.30. The summed E-state index contributed by atoms with van der Waals surface area (Å²) >= 11 is 0. The van der Waals surface area contributed by atoms with Gasteiger partial charge in [0, 0.05) is 19.4 Å². The van der Waals surface area contributed by atoms with Crippen molar-refractivity contribution in [1.82, 2.24) is 0 Å². The maximum atomic E-state index is 12.9. The molecule has 0 radical (unpaired) electrons. The number of carbonyl (C=O) groups excluding carboxylic acids is 2. The van der Waals surface area contributed by atoms with Gasteiger partial charge in [-0.15, -0.1) is 0 Å². The van der Waals surface area contributed by atoms with Crippen molar-refractivity contribution in [3.05, 3.63) is 97.2 Å². The average molecular weight is 1030 g/mol. The highest BCUT2D eigenvalue weighted by Gasteiger charge is 2.17. The smallest absolute Gasteiger partial charge is 0.306 e. The zero-order valence-corrected chi connectivity index (χ0v) is 49.1. The number of esters is 2. The Morgan fingerprint density at radius 2 is 0.608 bits per heavy atom. The van der Waals surface area contributed by atoms with Crippen LogP contribution in [0.1, 0.15) is 303 Å². The molecule has 5 nitrogen and oxygen atoms in total. The van der Waals surface area contributed by atoms with E-state index in [4.69, 9.17) is 14.2 Å². The molecule has 0 N–H and O–H groups in total. The molecule has 0 aliphatic heterocycles. The van der Waals surface area contributed by atoms with Crippen LogP contribution < -0.4 is 0 Å². The van der Waals surface area contributed by atoms with Crippen molar-refractivity contribution in [3.63, 3.8) is 0 Å². The van der Waals surface area contributed by atoms with E-state index in [1.807, 2.05) is 0 Å². The zero-order valence-electron chi connectivity index (χ0n) is 49.1. The van der Waals surface area contributed by atoms with Crippen LogP contribution in [0.4, 0.5) is 0 Å². The maximum absolute atomic E-state index is 12.9. The van der Waals surface area contributed by atoms with Crippen LogP contribution in [-0.2, 0) is 23.8 Å². The van der Waals surface area contributed by atoms with Crippen molar-refractivity contribution in [2.24, 2.45) is 0 Å². The summed E-state index contributed by atoms with van der Waals surface area (Å²) in [4.78, 5) is 25.6. The van der Waals surface area contributed by atoms with Gasteiger partial charge < -0.3 is 14.2 Å². The number of hydrogen-bond acceptors (Lipinski definition) is 5. The Bertz CT molecular complexity index is 1400. The number of rotatable bonds is 58. The first kappa shape index (κ1) is 70.8. The maximum Gasteiger partial charge on any atom is 0.306 e. The molecule has 5 heteroatoms. The van der Waals surface area contributed by atoms with Crippen LogP contribution in [0.5, 0.6) is 0 Å². The van der Waals surface area contributed by atoms with Gasteiger partial charge in [0.15, 0.2) is 6.10 Å². The third-order valence-corrected chi connectivity index (χ3v) is 13.6. The molecule has 0 aliphatic rings. The Hall–Kier alpha value is -3.18. The fourth-order valence-electron chi connectivity index (χ4n) is 8.86. The molecule has 0 fully saturated rings. The van der Waals surface area contributed by atoms with E-state index in [0.717, 1.165) is 96.3 Å². The summed E-state index contributed by atoms with van der Waals surface area (Å²) in [5.74, 6) is -0.412. The van der Waals surface area contributed by atoms with E-state index in [2.05, 4.69) is 118 Å². The normalized spacial score (nSPS) is 12.9. The van der Waals surface area contributed by atoms with Gasteiger partial charge in [-0.1, -0.05) is 266 Å². The Balaban J connectivity index is 4.35. The lowest BCUT2D eigenvalue weighted by atomic mass is 10.1. The van der Waals surface area contributed by atoms with E-state index >= 15 is 0 Å². The lowest BCUT2D eigenvalue weighted by Gasteiger charge is -2.18. The van der Waals surface area contributed by atoms with E-state index in [0.29, 0.717) is 19.4 Å². The molecule has 74 heavy (non-hydrogen) atoms. The molecule has 1 unspecified atom stereocenters. The van der Waals surface area contributed by atoms with E-state index < -0.39 is 6.10 Å². The molecule has 0 aliphatic carbocycles. The third kappa shape index (κ3) is 61.4. The fraction of sp³-hybridized carbons (Fsp3) is 0.739. The highest BCUT2D eigenvalue weighted by atomic mass is 16.6. The predicted octanol–water partition coefficient (Wildman–Crippen LogP) is 22.1. The van der Waals surface area contributed by atoms with Crippen LogP contribution in [0.3, 0.4) is 0 Å². The highest BCUT2D eigenvalue weighted by molar-refractivity contribution is 5.70. The first-order chi connectivity index (χ1) is 36.6. The van der Waals surface area contributed by atoms with E-state index in [9.17, 15) is 9.59 Å². The summed E-state index contributed by atoms with van der Waals surface area (Å²) < 4.78 is 17.5. The largest absolute Gasteiger partial charge is 0.462 e. The van der Waals surface area contributed by atoms with Gasteiger partial charge >= 0.3 is 11.9 Å². The van der Waals surface area contributed by atoms with Crippen LogP contribution in [0, 0.1) is 0 Å². The molecule has 0 spiro atoms. The number of allylic oxidation sites excluding steroid dienone is 16. The fourth-order valence-corrected chi connectivity index (χ4v) is 8.86. The molecule has 0 bridgehead atoms. The van der Waals surface area contributed by atoms with Crippen LogP contribution in [0.2, 0.25) is 0 Å². The average Bonchev–Trinajstić information content (AvgIpc) is 3.40. The highest BCUT2D eigenvalue weighted by Crippen LogP contribution is 2.15. The second kappa shape index (κ2) is 64.1. The minimum atomic E-state index is -0.559. The summed E-state index contributed by atoms with van der Waals surface area (Å²) in [5.41, 5.74) is 0. The van der Waals surface area contributed by atoms with Gasteiger partial charge in [0.1, 0.15) is 6.61 Å². The quantitative estimate of drug-likeness (QED) is 0.0345. The number of unbranched alkanes of at least 4 members (excludes halogenated alkanes) is 31. The van der Waals surface area contributed by atoms with Crippen molar-refractivity contribution in [2.75, 3.05) is 19.8 Å². The van der Waals surface area contributed by atoms with E-state index in [1.54, 1.807) is 0 Å². The zero-order chi connectivity index (χ0) is 53.4. The molecule has 0 aromatic heterocycles. The summed E-state index contributed by atoms with van der Waals surface area (Å²) in [6.45, 7) is 7.66. The van der Waals surface area contributed by atoms with Crippen molar-refractivity contribution in [2.45, 2.75) is 309 Å². The van der Waals surface area contributed by atoms with E-state index in [-0.39, 0.29) is 25.2 Å². The van der Waals surface area contributed by atoms with Crippen molar-refractivity contribution in [1.29, 1.82) is 0 Å². The molecule has 0 amide bonds. The molecule has 426 valence electrons. The minimum Gasteiger partial charge on any atom is -0.462 e. The van der Waals surface area contributed by atoms with Crippen LogP contribution >= 0.6 is 0 Å². The second-order valence-electron chi connectivity index (χ2n) is 20.9. The van der Waals surface area contributed by atoms with Gasteiger partial charge in [-0.3, -0.25) is 9.59 Å². The van der Waals surface area contributed by atoms with Crippen molar-refractivity contribution >= 4 is 11.9 Å². The van der Waals surface area contributed by atoms with Gasteiger partial charge in [-0.2, -0.15) is 0 Å². The first-order valence-corrected chi connectivity index (χ1v) is 31.8. The van der Waals surface area contributed by atoms with Gasteiger partial charge in [-0.25, -0.2) is 0 Å².